The molecule has 2 atom stereocenters. The first-order valence-electron chi connectivity index (χ1n) is 6.68. The number of nitro groups is 1. The quantitative estimate of drug-likeness (QED) is 0.625. The van der Waals surface area contributed by atoms with E-state index in [-0.39, 0.29) is 22.8 Å². The van der Waals surface area contributed by atoms with Crippen molar-refractivity contribution in [1.29, 1.82) is 0 Å². The summed E-state index contributed by atoms with van der Waals surface area (Å²) in [4.78, 5) is 12.8. The number of hydrogen-bond donors (Lipinski definition) is 0. The molecule has 0 spiro atoms. The molecular weight excluding hydrogens is 260 g/mol. The summed E-state index contributed by atoms with van der Waals surface area (Å²) in [5, 5.41) is 10.9. The first-order valence-corrected chi connectivity index (χ1v) is 6.68. The van der Waals surface area contributed by atoms with Crippen molar-refractivity contribution in [3.8, 4) is 5.75 Å². The fraction of sp³-hybridized carbons (Fsp3) is 0.571. The molecule has 0 radical (unpaired) electrons. The molecular formula is C14H20N2O4. The van der Waals surface area contributed by atoms with Crippen molar-refractivity contribution in [2.24, 2.45) is 0 Å². The predicted octanol–water partition coefficient (Wildman–Crippen LogP) is 2.21. The molecule has 0 saturated carbocycles. The maximum atomic E-state index is 10.9. The summed E-state index contributed by atoms with van der Waals surface area (Å²) in [6.07, 6.45) is 0.177. The van der Waals surface area contributed by atoms with E-state index in [4.69, 9.17) is 9.47 Å². The van der Waals surface area contributed by atoms with Crippen LogP contribution < -0.4 is 4.74 Å². The smallest absolute Gasteiger partial charge is 0.270 e. The predicted molar refractivity (Wildman–Crippen MR) is 74.9 cm³/mol. The Labute approximate surface area is 118 Å². The number of non-ortho nitro benzene ring substituents is 1. The molecule has 1 heterocycles. The monoisotopic (exact) mass is 280 g/mol. The van der Waals surface area contributed by atoms with Gasteiger partial charge in [-0.2, -0.15) is 0 Å². The van der Waals surface area contributed by atoms with Crippen molar-refractivity contribution in [2.45, 2.75) is 32.5 Å². The highest BCUT2D eigenvalue weighted by molar-refractivity contribution is 5.43. The Bertz CT molecular complexity index is 492. The molecule has 1 saturated heterocycles. The van der Waals surface area contributed by atoms with Crippen LogP contribution in [0, 0.1) is 10.1 Å². The Balaban J connectivity index is 2.22. The molecule has 6 heteroatoms. The molecule has 6 nitrogen and oxygen atoms in total. The average molecular weight is 280 g/mol. The topological polar surface area (TPSA) is 64.8 Å². The molecule has 1 aliphatic heterocycles. The minimum absolute atomic E-state index is 0.0924. The van der Waals surface area contributed by atoms with Crippen LogP contribution in [0.4, 0.5) is 5.69 Å². The summed E-state index contributed by atoms with van der Waals surface area (Å²) in [5.74, 6) is 0.682. The van der Waals surface area contributed by atoms with Gasteiger partial charge >= 0.3 is 0 Å². The second-order valence-corrected chi connectivity index (χ2v) is 5.18. The van der Waals surface area contributed by atoms with Gasteiger partial charge in [0.05, 0.1) is 24.7 Å². The van der Waals surface area contributed by atoms with E-state index in [2.05, 4.69) is 11.8 Å². The van der Waals surface area contributed by atoms with Crippen molar-refractivity contribution in [2.75, 3.05) is 20.3 Å². The first-order chi connectivity index (χ1) is 9.51. The third-order valence-electron chi connectivity index (χ3n) is 3.59. The second-order valence-electron chi connectivity index (χ2n) is 5.18. The minimum Gasteiger partial charge on any atom is -0.496 e. The van der Waals surface area contributed by atoms with Crippen LogP contribution in [0.1, 0.15) is 19.4 Å². The van der Waals surface area contributed by atoms with Crippen LogP contribution in [-0.4, -0.2) is 42.2 Å². The van der Waals surface area contributed by atoms with Gasteiger partial charge in [0, 0.05) is 36.8 Å². The zero-order valence-electron chi connectivity index (χ0n) is 12.0. The highest BCUT2D eigenvalue weighted by Gasteiger charge is 2.25. The van der Waals surface area contributed by atoms with Gasteiger partial charge in [0.15, 0.2) is 0 Å². The highest BCUT2D eigenvalue weighted by Crippen LogP contribution is 2.26. The standard InChI is InChI=1S/C14H20N2O4/c1-10-9-20-11(2)7-15(10)8-12-6-13(16(17)18)4-5-14(12)19-3/h4-6,10-11H,7-9H2,1-3H3. The summed E-state index contributed by atoms with van der Waals surface area (Å²) >= 11 is 0. The van der Waals surface area contributed by atoms with E-state index >= 15 is 0 Å². The number of morpholine rings is 1. The second kappa shape index (κ2) is 6.19. The van der Waals surface area contributed by atoms with E-state index in [1.165, 1.54) is 6.07 Å². The van der Waals surface area contributed by atoms with Crippen LogP contribution in [0.15, 0.2) is 18.2 Å². The van der Waals surface area contributed by atoms with Gasteiger partial charge in [0.25, 0.3) is 5.69 Å². The van der Waals surface area contributed by atoms with Gasteiger partial charge in [-0.1, -0.05) is 0 Å². The van der Waals surface area contributed by atoms with Gasteiger partial charge in [-0.05, 0) is 19.9 Å². The molecule has 1 aromatic rings. The van der Waals surface area contributed by atoms with Crippen LogP contribution >= 0.6 is 0 Å². The zero-order valence-corrected chi connectivity index (χ0v) is 12.0. The Morgan fingerprint density at radius 3 is 2.90 bits per heavy atom. The van der Waals surface area contributed by atoms with Gasteiger partial charge in [-0.25, -0.2) is 0 Å². The molecule has 1 aliphatic rings. The number of rotatable bonds is 4. The third-order valence-corrected chi connectivity index (χ3v) is 3.59. The summed E-state index contributed by atoms with van der Waals surface area (Å²) in [6.45, 7) is 6.24. The lowest BCUT2D eigenvalue weighted by Crippen LogP contribution is -2.46. The molecule has 2 rings (SSSR count). The molecule has 0 amide bonds. The molecule has 0 aromatic heterocycles. The summed E-state index contributed by atoms with van der Waals surface area (Å²) in [6, 6.07) is 5.00. The lowest BCUT2D eigenvalue weighted by Gasteiger charge is -2.36. The average Bonchev–Trinajstić information content (AvgIpc) is 2.42. The van der Waals surface area contributed by atoms with Crippen molar-refractivity contribution < 1.29 is 14.4 Å². The van der Waals surface area contributed by atoms with Crippen molar-refractivity contribution in [3.63, 3.8) is 0 Å². The van der Waals surface area contributed by atoms with Crippen LogP contribution in [0.25, 0.3) is 0 Å². The molecule has 0 N–H and O–H groups in total. The molecule has 20 heavy (non-hydrogen) atoms. The normalized spacial score (nSPS) is 23.6. The molecule has 2 unspecified atom stereocenters. The SMILES string of the molecule is COc1ccc([N+](=O)[O-])cc1CN1CC(C)OCC1C. The third kappa shape index (κ3) is 3.26. The van der Waals surface area contributed by atoms with Crippen molar-refractivity contribution in [3.05, 3.63) is 33.9 Å². The van der Waals surface area contributed by atoms with Crippen LogP contribution in [0.2, 0.25) is 0 Å². The lowest BCUT2D eigenvalue weighted by atomic mass is 10.1. The number of methoxy groups -OCH3 is 1. The fourth-order valence-electron chi connectivity index (χ4n) is 2.41. The number of nitrogens with zero attached hydrogens (tertiary/aromatic N) is 2. The summed E-state index contributed by atoms with van der Waals surface area (Å²) in [5.41, 5.74) is 0.928. The Hall–Kier alpha value is -1.66. The van der Waals surface area contributed by atoms with Gasteiger partial charge in [-0.15, -0.1) is 0 Å². The Kier molecular flexibility index (Phi) is 4.57. The number of hydrogen-bond acceptors (Lipinski definition) is 5. The van der Waals surface area contributed by atoms with Gasteiger partial charge in [0.1, 0.15) is 5.75 Å². The van der Waals surface area contributed by atoms with Crippen molar-refractivity contribution in [1.82, 2.24) is 4.90 Å². The van der Waals surface area contributed by atoms with E-state index in [9.17, 15) is 10.1 Å². The molecule has 0 bridgehead atoms. The fourth-order valence-corrected chi connectivity index (χ4v) is 2.41. The number of benzene rings is 1. The zero-order chi connectivity index (χ0) is 14.7. The van der Waals surface area contributed by atoms with E-state index in [0.29, 0.717) is 18.9 Å². The van der Waals surface area contributed by atoms with Gasteiger partial charge in [-0.3, -0.25) is 15.0 Å². The van der Waals surface area contributed by atoms with E-state index in [1.54, 1.807) is 19.2 Å². The summed E-state index contributed by atoms with van der Waals surface area (Å²) < 4.78 is 10.9. The number of nitro benzene ring substituents is 1. The van der Waals surface area contributed by atoms with Crippen LogP contribution in [-0.2, 0) is 11.3 Å². The maximum Gasteiger partial charge on any atom is 0.270 e. The Morgan fingerprint density at radius 2 is 2.25 bits per heavy atom. The summed E-state index contributed by atoms with van der Waals surface area (Å²) in [7, 11) is 1.58. The van der Waals surface area contributed by atoms with Gasteiger partial charge in [0.2, 0.25) is 0 Å². The van der Waals surface area contributed by atoms with Gasteiger partial charge < -0.3 is 9.47 Å². The largest absolute Gasteiger partial charge is 0.496 e. The number of ether oxygens (including phenoxy) is 2. The molecule has 1 aromatic carbocycles. The molecule has 110 valence electrons. The van der Waals surface area contributed by atoms with Crippen LogP contribution in [0.5, 0.6) is 5.75 Å². The van der Waals surface area contributed by atoms with E-state index < -0.39 is 0 Å². The molecule has 0 aliphatic carbocycles. The first kappa shape index (κ1) is 14.7. The van der Waals surface area contributed by atoms with Crippen molar-refractivity contribution >= 4 is 5.69 Å². The maximum absolute atomic E-state index is 10.9. The van der Waals surface area contributed by atoms with E-state index in [1.807, 2.05) is 6.92 Å². The van der Waals surface area contributed by atoms with E-state index in [0.717, 1.165) is 12.1 Å². The lowest BCUT2D eigenvalue weighted by molar-refractivity contribution is -0.385. The highest BCUT2D eigenvalue weighted by atomic mass is 16.6. The minimum atomic E-state index is -0.381. The van der Waals surface area contributed by atoms with Crippen LogP contribution in [0.3, 0.4) is 0 Å². The Morgan fingerprint density at radius 1 is 1.50 bits per heavy atom. The molecule has 1 fully saturated rings.